The number of fused-ring (bicyclic) bond motifs is 1. The maximum absolute atomic E-state index is 14.1. The maximum atomic E-state index is 14.1. The topological polar surface area (TPSA) is 39.7 Å². The number of benzene rings is 2. The minimum atomic E-state index is -0.148. The molecule has 6 heteroatoms. The Kier molecular flexibility index (Phi) is 7.68. The minimum Gasteiger partial charge on any atom is -0.336 e. The van der Waals surface area contributed by atoms with Gasteiger partial charge in [-0.05, 0) is 57.6 Å². The number of aromatic nitrogens is 1. The SMILES string of the molecule is CN(C)CCN(CC1CCCN(Cc2ccccc2F)C1)C(=O)c1ccc2ccccc2n1. The molecule has 1 unspecified atom stereocenters. The Morgan fingerprint density at radius 2 is 1.85 bits per heavy atom. The number of para-hydroxylation sites is 1. The van der Waals surface area contributed by atoms with E-state index < -0.39 is 0 Å². The molecule has 1 amide bonds. The number of hydrogen-bond donors (Lipinski definition) is 0. The van der Waals surface area contributed by atoms with E-state index in [9.17, 15) is 9.18 Å². The molecule has 2 aromatic carbocycles. The van der Waals surface area contributed by atoms with Crippen molar-refractivity contribution in [3.05, 3.63) is 77.7 Å². The van der Waals surface area contributed by atoms with Crippen molar-refractivity contribution in [1.29, 1.82) is 0 Å². The van der Waals surface area contributed by atoms with E-state index in [2.05, 4.69) is 14.8 Å². The van der Waals surface area contributed by atoms with E-state index in [1.54, 1.807) is 6.07 Å². The molecular weight excluding hydrogens is 415 g/mol. The molecule has 1 aliphatic rings. The lowest BCUT2D eigenvalue weighted by Crippen LogP contribution is -2.44. The summed E-state index contributed by atoms with van der Waals surface area (Å²) in [6.07, 6.45) is 2.13. The van der Waals surface area contributed by atoms with Crippen molar-refractivity contribution in [2.75, 3.05) is 46.8 Å². The summed E-state index contributed by atoms with van der Waals surface area (Å²) in [5, 5.41) is 1.03. The van der Waals surface area contributed by atoms with Gasteiger partial charge in [0.2, 0.25) is 0 Å². The van der Waals surface area contributed by atoms with Crippen molar-refractivity contribution in [3.63, 3.8) is 0 Å². The Morgan fingerprint density at radius 1 is 1.06 bits per heavy atom. The smallest absolute Gasteiger partial charge is 0.272 e. The van der Waals surface area contributed by atoms with Gasteiger partial charge in [-0.1, -0.05) is 42.5 Å². The van der Waals surface area contributed by atoms with Crippen LogP contribution in [0.3, 0.4) is 0 Å². The van der Waals surface area contributed by atoms with Crippen LogP contribution in [0.2, 0.25) is 0 Å². The molecule has 4 rings (SSSR count). The maximum Gasteiger partial charge on any atom is 0.272 e. The van der Waals surface area contributed by atoms with E-state index in [0.29, 0.717) is 31.2 Å². The summed E-state index contributed by atoms with van der Waals surface area (Å²) in [7, 11) is 4.04. The Bertz CT molecular complexity index is 1090. The lowest BCUT2D eigenvalue weighted by atomic mass is 9.96. The van der Waals surface area contributed by atoms with Crippen molar-refractivity contribution < 1.29 is 9.18 Å². The quantitative estimate of drug-likeness (QED) is 0.515. The van der Waals surface area contributed by atoms with Gasteiger partial charge in [-0.25, -0.2) is 9.37 Å². The molecule has 1 atom stereocenters. The van der Waals surface area contributed by atoms with E-state index in [1.807, 2.05) is 67.5 Å². The molecule has 1 aliphatic heterocycles. The zero-order valence-electron chi connectivity index (χ0n) is 19.6. The predicted octanol–water partition coefficient (Wildman–Crippen LogP) is 4.29. The molecule has 1 fully saturated rings. The predicted molar refractivity (Wildman–Crippen MR) is 131 cm³/mol. The molecule has 0 bridgehead atoms. The van der Waals surface area contributed by atoms with Gasteiger partial charge in [0.05, 0.1) is 5.52 Å². The van der Waals surface area contributed by atoms with Crippen LogP contribution in [-0.4, -0.2) is 72.4 Å². The summed E-state index contributed by atoms with van der Waals surface area (Å²) in [5.74, 6) is 0.190. The van der Waals surface area contributed by atoms with Crippen LogP contribution in [0, 0.1) is 11.7 Å². The van der Waals surface area contributed by atoms with Crippen molar-refractivity contribution >= 4 is 16.8 Å². The number of piperidine rings is 1. The molecule has 174 valence electrons. The lowest BCUT2D eigenvalue weighted by molar-refractivity contribution is 0.0655. The first-order chi connectivity index (χ1) is 16.0. The zero-order valence-corrected chi connectivity index (χ0v) is 19.6. The van der Waals surface area contributed by atoms with Gasteiger partial charge < -0.3 is 9.80 Å². The van der Waals surface area contributed by atoms with Gasteiger partial charge in [-0.3, -0.25) is 9.69 Å². The monoisotopic (exact) mass is 448 g/mol. The Labute approximate surface area is 195 Å². The van der Waals surface area contributed by atoms with E-state index in [0.717, 1.165) is 48.9 Å². The number of amides is 1. The molecular formula is C27H33FN4O. The van der Waals surface area contributed by atoms with Crippen LogP contribution in [0.25, 0.3) is 10.9 Å². The molecule has 1 saturated heterocycles. The van der Waals surface area contributed by atoms with Crippen molar-refractivity contribution in [2.24, 2.45) is 5.92 Å². The number of likely N-dealkylation sites (N-methyl/N-ethyl adjacent to an activating group) is 1. The average molecular weight is 449 g/mol. The number of halogens is 1. The summed E-state index contributed by atoms with van der Waals surface area (Å²) in [5.41, 5.74) is 2.06. The molecule has 33 heavy (non-hydrogen) atoms. The van der Waals surface area contributed by atoms with Crippen molar-refractivity contribution in [3.8, 4) is 0 Å². The molecule has 0 N–H and O–H groups in total. The molecule has 2 heterocycles. The third-order valence-corrected chi connectivity index (χ3v) is 6.36. The van der Waals surface area contributed by atoms with Crippen LogP contribution in [-0.2, 0) is 6.54 Å². The van der Waals surface area contributed by atoms with Gasteiger partial charge in [0.15, 0.2) is 0 Å². The van der Waals surface area contributed by atoms with Crippen LogP contribution in [0.15, 0.2) is 60.7 Å². The molecule has 0 spiro atoms. The highest BCUT2D eigenvalue weighted by Crippen LogP contribution is 2.22. The molecule has 0 saturated carbocycles. The summed E-state index contributed by atoms with van der Waals surface area (Å²) in [6, 6.07) is 18.7. The third-order valence-electron chi connectivity index (χ3n) is 6.36. The molecule has 3 aromatic rings. The summed E-state index contributed by atoms with van der Waals surface area (Å²) >= 11 is 0. The second kappa shape index (κ2) is 10.9. The molecule has 0 aliphatic carbocycles. The number of likely N-dealkylation sites (tertiary alicyclic amines) is 1. The van der Waals surface area contributed by atoms with E-state index >= 15 is 0 Å². The number of hydrogen-bond acceptors (Lipinski definition) is 4. The van der Waals surface area contributed by atoms with Crippen LogP contribution < -0.4 is 0 Å². The van der Waals surface area contributed by atoms with Crippen LogP contribution >= 0.6 is 0 Å². The molecule has 1 aromatic heterocycles. The fraction of sp³-hybridized carbons (Fsp3) is 0.407. The number of pyridine rings is 1. The highest BCUT2D eigenvalue weighted by atomic mass is 19.1. The van der Waals surface area contributed by atoms with Gasteiger partial charge in [-0.2, -0.15) is 0 Å². The molecule has 0 radical (unpaired) electrons. The summed E-state index contributed by atoms with van der Waals surface area (Å²) in [4.78, 5) is 24.5. The average Bonchev–Trinajstić information content (AvgIpc) is 2.82. The Hall–Kier alpha value is -2.83. The van der Waals surface area contributed by atoms with Gasteiger partial charge in [0, 0.05) is 43.7 Å². The Morgan fingerprint density at radius 3 is 2.67 bits per heavy atom. The van der Waals surface area contributed by atoms with Gasteiger partial charge in [-0.15, -0.1) is 0 Å². The van der Waals surface area contributed by atoms with Crippen LogP contribution in [0.5, 0.6) is 0 Å². The van der Waals surface area contributed by atoms with E-state index in [4.69, 9.17) is 0 Å². The van der Waals surface area contributed by atoms with E-state index in [1.165, 1.54) is 6.07 Å². The summed E-state index contributed by atoms with van der Waals surface area (Å²) in [6.45, 7) is 4.58. The van der Waals surface area contributed by atoms with Crippen LogP contribution in [0.1, 0.15) is 28.9 Å². The highest BCUT2D eigenvalue weighted by molar-refractivity contribution is 5.94. The second-order valence-corrected chi connectivity index (χ2v) is 9.28. The Balaban J connectivity index is 1.46. The third kappa shape index (κ3) is 6.15. The highest BCUT2D eigenvalue weighted by Gasteiger charge is 2.26. The van der Waals surface area contributed by atoms with Gasteiger partial charge >= 0.3 is 0 Å². The number of nitrogens with zero attached hydrogens (tertiary/aromatic N) is 4. The number of carbonyl (C=O) groups is 1. The van der Waals surface area contributed by atoms with Crippen molar-refractivity contribution in [1.82, 2.24) is 19.7 Å². The lowest BCUT2D eigenvalue weighted by Gasteiger charge is -2.36. The normalized spacial score (nSPS) is 16.9. The second-order valence-electron chi connectivity index (χ2n) is 9.28. The first-order valence-electron chi connectivity index (χ1n) is 11.7. The van der Waals surface area contributed by atoms with Crippen molar-refractivity contribution in [2.45, 2.75) is 19.4 Å². The van der Waals surface area contributed by atoms with Gasteiger partial charge in [0.1, 0.15) is 11.5 Å². The van der Waals surface area contributed by atoms with Crippen LogP contribution in [0.4, 0.5) is 4.39 Å². The minimum absolute atomic E-state index is 0.0196. The first kappa shape index (κ1) is 23.3. The summed E-state index contributed by atoms with van der Waals surface area (Å²) < 4.78 is 14.1. The number of carbonyl (C=O) groups excluding carboxylic acids is 1. The largest absolute Gasteiger partial charge is 0.336 e. The van der Waals surface area contributed by atoms with E-state index in [-0.39, 0.29) is 11.7 Å². The fourth-order valence-corrected chi connectivity index (χ4v) is 4.57. The standard InChI is InChI=1S/C27H33FN4O/c1-30(2)16-17-32(27(33)26-14-13-22-9-4-6-12-25(22)29-26)19-21-8-7-15-31(18-21)20-23-10-3-5-11-24(23)28/h3-6,9-14,21H,7-8,15-20H2,1-2H3. The zero-order chi connectivity index (χ0) is 23.2. The first-order valence-corrected chi connectivity index (χ1v) is 11.7. The number of rotatable bonds is 8. The van der Waals surface area contributed by atoms with Gasteiger partial charge in [0.25, 0.3) is 5.91 Å². The molecule has 5 nitrogen and oxygen atoms in total. The fourth-order valence-electron chi connectivity index (χ4n) is 4.57.